The Labute approximate surface area is 184 Å². The van der Waals surface area contributed by atoms with E-state index in [-0.39, 0.29) is 17.7 Å². The van der Waals surface area contributed by atoms with Crippen molar-refractivity contribution in [2.75, 3.05) is 37.5 Å². The van der Waals surface area contributed by atoms with Gasteiger partial charge in [0.15, 0.2) is 0 Å². The lowest BCUT2D eigenvalue weighted by Crippen LogP contribution is -2.47. The maximum atomic E-state index is 12.9. The molecule has 7 heteroatoms. The van der Waals surface area contributed by atoms with Crippen LogP contribution in [0.5, 0.6) is 11.5 Å². The molecular formula is C24H33N3O4. The molecule has 0 saturated heterocycles. The van der Waals surface area contributed by atoms with Gasteiger partial charge in [0.05, 0.1) is 14.2 Å². The third-order valence-electron chi connectivity index (χ3n) is 5.11. The molecule has 2 aromatic carbocycles. The van der Waals surface area contributed by atoms with E-state index in [0.29, 0.717) is 22.7 Å². The molecule has 0 bridgehead atoms. The molecule has 2 N–H and O–H groups in total. The summed E-state index contributed by atoms with van der Waals surface area (Å²) in [7, 11) is 3.04. The highest BCUT2D eigenvalue weighted by Crippen LogP contribution is 2.23. The first-order chi connectivity index (χ1) is 14.8. The van der Waals surface area contributed by atoms with Gasteiger partial charge in [-0.1, -0.05) is 13.8 Å². The molecule has 0 heterocycles. The van der Waals surface area contributed by atoms with E-state index < -0.39 is 6.04 Å². The monoisotopic (exact) mass is 427 g/mol. The maximum absolute atomic E-state index is 12.9. The molecule has 1 atom stereocenters. The van der Waals surface area contributed by atoms with Crippen LogP contribution in [-0.4, -0.2) is 45.2 Å². The van der Waals surface area contributed by atoms with Crippen molar-refractivity contribution in [1.29, 1.82) is 0 Å². The molecule has 1 unspecified atom stereocenters. The first kappa shape index (κ1) is 24.1. The Bertz CT molecular complexity index is 855. The van der Waals surface area contributed by atoms with Crippen molar-refractivity contribution in [2.45, 2.75) is 33.7 Å². The Morgan fingerprint density at radius 1 is 0.935 bits per heavy atom. The second kappa shape index (κ2) is 11.2. The van der Waals surface area contributed by atoms with Gasteiger partial charge in [-0.15, -0.1) is 0 Å². The fourth-order valence-corrected chi connectivity index (χ4v) is 3.26. The molecule has 31 heavy (non-hydrogen) atoms. The Balaban J connectivity index is 2.13. The first-order valence-electron chi connectivity index (χ1n) is 10.5. The summed E-state index contributed by atoms with van der Waals surface area (Å²) in [6, 6.07) is 11.9. The standard InChI is InChI=1S/C24H33N3O4/c1-7-27(8-2)19-11-9-18(10-12-19)25-24(29)22(16(3)4)26-23(28)17-13-20(30-5)15-21(14-17)31-6/h9-16,22H,7-8H2,1-6H3,(H,25,29)(H,26,28). The minimum absolute atomic E-state index is 0.105. The Kier molecular flexibility index (Phi) is 8.73. The number of ether oxygens (including phenoxy) is 2. The molecule has 0 fully saturated rings. The topological polar surface area (TPSA) is 79.9 Å². The quantitative estimate of drug-likeness (QED) is 0.600. The summed E-state index contributed by atoms with van der Waals surface area (Å²) in [4.78, 5) is 28.0. The van der Waals surface area contributed by atoms with Gasteiger partial charge in [0.1, 0.15) is 17.5 Å². The number of benzene rings is 2. The molecule has 7 nitrogen and oxygen atoms in total. The van der Waals surface area contributed by atoms with E-state index >= 15 is 0 Å². The highest BCUT2D eigenvalue weighted by atomic mass is 16.5. The third-order valence-corrected chi connectivity index (χ3v) is 5.11. The Morgan fingerprint density at radius 3 is 1.94 bits per heavy atom. The molecule has 0 aliphatic rings. The average molecular weight is 428 g/mol. The van der Waals surface area contributed by atoms with Crippen molar-refractivity contribution in [3.8, 4) is 11.5 Å². The fourth-order valence-electron chi connectivity index (χ4n) is 3.26. The van der Waals surface area contributed by atoms with E-state index in [0.717, 1.165) is 18.8 Å². The first-order valence-corrected chi connectivity index (χ1v) is 10.5. The van der Waals surface area contributed by atoms with Crippen molar-refractivity contribution < 1.29 is 19.1 Å². The maximum Gasteiger partial charge on any atom is 0.252 e. The number of amides is 2. The van der Waals surface area contributed by atoms with Gasteiger partial charge in [-0.3, -0.25) is 9.59 Å². The highest BCUT2D eigenvalue weighted by molar-refractivity contribution is 6.01. The van der Waals surface area contributed by atoms with E-state index in [1.165, 1.54) is 14.2 Å². The number of carbonyl (C=O) groups excluding carboxylic acids is 2. The van der Waals surface area contributed by atoms with Crippen molar-refractivity contribution in [2.24, 2.45) is 5.92 Å². The van der Waals surface area contributed by atoms with Gasteiger partial charge < -0.3 is 25.0 Å². The van der Waals surface area contributed by atoms with Gasteiger partial charge in [-0.2, -0.15) is 0 Å². The molecule has 168 valence electrons. The normalized spacial score (nSPS) is 11.6. The Morgan fingerprint density at radius 2 is 1.48 bits per heavy atom. The number of nitrogens with one attached hydrogen (secondary N) is 2. The number of carbonyl (C=O) groups is 2. The zero-order valence-electron chi connectivity index (χ0n) is 19.2. The van der Waals surface area contributed by atoms with Gasteiger partial charge in [0.2, 0.25) is 5.91 Å². The molecule has 2 rings (SSSR count). The van der Waals surface area contributed by atoms with Gasteiger partial charge in [-0.05, 0) is 56.2 Å². The van der Waals surface area contributed by atoms with E-state index in [9.17, 15) is 9.59 Å². The molecular weight excluding hydrogens is 394 g/mol. The summed E-state index contributed by atoms with van der Waals surface area (Å²) in [5, 5.41) is 5.74. The van der Waals surface area contributed by atoms with Crippen molar-refractivity contribution in [1.82, 2.24) is 5.32 Å². The molecule has 2 aromatic rings. The lowest BCUT2D eigenvalue weighted by Gasteiger charge is -2.23. The van der Waals surface area contributed by atoms with Crippen molar-refractivity contribution >= 4 is 23.2 Å². The van der Waals surface area contributed by atoms with Crippen LogP contribution >= 0.6 is 0 Å². The van der Waals surface area contributed by atoms with Crippen LogP contribution in [0.3, 0.4) is 0 Å². The van der Waals surface area contributed by atoms with Crippen LogP contribution in [-0.2, 0) is 4.79 Å². The second-order valence-electron chi connectivity index (χ2n) is 7.50. The van der Waals surface area contributed by atoms with E-state index in [2.05, 4.69) is 29.4 Å². The zero-order chi connectivity index (χ0) is 23.0. The molecule has 0 aromatic heterocycles. The third kappa shape index (κ3) is 6.38. The lowest BCUT2D eigenvalue weighted by atomic mass is 10.0. The number of hydrogen-bond acceptors (Lipinski definition) is 5. The number of nitrogens with zero attached hydrogens (tertiary/aromatic N) is 1. The van der Waals surface area contributed by atoms with Crippen molar-refractivity contribution in [3.05, 3.63) is 48.0 Å². The lowest BCUT2D eigenvalue weighted by molar-refractivity contribution is -0.118. The number of hydrogen-bond donors (Lipinski definition) is 2. The van der Waals surface area contributed by atoms with Gasteiger partial charge in [-0.25, -0.2) is 0 Å². The van der Waals surface area contributed by atoms with E-state index in [1.807, 2.05) is 38.1 Å². The van der Waals surface area contributed by atoms with Crippen LogP contribution in [0.2, 0.25) is 0 Å². The van der Waals surface area contributed by atoms with Crippen LogP contribution in [0.15, 0.2) is 42.5 Å². The second-order valence-corrected chi connectivity index (χ2v) is 7.50. The fraction of sp³-hybridized carbons (Fsp3) is 0.417. The molecule has 2 amide bonds. The Hall–Kier alpha value is -3.22. The van der Waals surface area contributed by atoms with Gasteiger partial charge in [0, 0.05) is 36.1 Å². The molecule has 0 saturated carbocycles. The minimum Gasteiger partial charge on any atom is -0.497 e. The van der Waals surface area contributed by atoms with Crippen LogP contribution in [0.25, 0.3) is 0 Å². The van der Waals surface area contributed by atoms with Crippen LogP contribution in [0, 0.1) is 5.92 Å². The molecule has 0 aliphatic carbocycles. The molecule has 0 spiro atoms. The number of methoxy groups -OCH3 is 2. The largest absolute Gasteiger partial charge is 0.497 e. The predicted molar refractivity (Wildman–Crippen MR) is 124 cm³/mol. The van der Waals surface area contributed by atoms with Gasteiger partial charge in [0.25, 0.3) is 5.91 Å². The van der Waals surface area contributed by atoms with Crippen LogP contribution in [0.1, 0.15) is 38.1 Å². The summed E-state index contributed by atoms with van der Waals surface area (Å²) in [5.74, 6) is 0.259. The average Bonchev–Trinajstić information content (AvgIpc) is 2.78. The summed E-state index contributed by atoms with van der Waals surface area (Å²) in [6.07, 6.45) is 0. The summed E-state index contributed by atoms with van der Waals surface area (Å²) < 4.78 is 10.5. The molecule has 0 radical (unpaired) electrons. The van der Waals surface area contributed by atoms with Crippen LogP contribution < -0.4 is 25.0 Å². The van der Waals surface area contributed by atoms with Gasteiger partial charge >= 0.3 is 0 Å². The predicted octanol–water partition coefficient (Wildman–Crippen LogP) is 3.94. The zero-order valence-corrected chi connectivity index (χ0v) is 19.2. The van der Waals surface area contributed by atoms with E-state index in [1.54, 1.807) is 18.2 Å². The number of rotatable bonds is 10. The smallest absolute Gasteiger partial charge is 0.252 e. The highest BCUT2D eigenvalue weighted by Gasteiger charge is 2.25. The summed E-state index contributed by atoms with van der Waals surface area (Å²) in [6.45, 7) is 9.82. The summed E-state index contributed by atoms with van der Waals surface area (Å²) >= 11 is 0. The molecule has 0 aliphatic heterocycles. The van der Waals surface area contributed by atoms with E-state index in [4.69, 9.17) is 9.47 Å². The number of anilines is 2. The van der Waals surface area contributed by atoms with Crippen LogP contribution in [0.4, 0.5) is 11.4 Å². The van der Waals surface area contributed by atoms with Crippen molar-refractivity contribution in [3.63, 3.8) is 0 Å². The minimum atomic E-state index is -0.702. The SMILES string of the molecule is CCN(CC)c1ccc(NC(=O)C(NC(=O)c2cc(OC)cc(OC)c2)C(C)C)cc1. The summed E-state index contributed by atoms with van der Waals surface area (Å²) in [5.41, 5.74) is 2.14.